The van der Waals surface area contributed by atoms with Crippen LogP contribution >= 0.6 is 15.9 Å². The number of aryl methyl sites for hydroxylation is 1. The molecule has 1 N–H and O–H groups in total. The van der Waals surface area contributed by atoms with Gasteiger partial charge >= 0.3 is 0 Å². The van der Waals surface area contributed by atoms with E-state index in [-0.39, 0.29) is 0 Å². The summed E-state index contributed by atoms with van der Waals surface area (Å²) in [5, 5.41) is 4.68. The Bertz CT molecular complexity index is 467. The minimum absolute atomic E-state index is 0.541. The van der Waals surface area contributed by atoms with E-state index >= 15 is 0 Å². The third kappa shape index (κ3) is 5.32. The Morgan fingerprint density at radius 1 is 1.23 bits per heavy atom. The van der Waals surface area contributed by atoms with Crippen LogP contribution in [0.25, 0.3) is 0 Å². The van der Waals surface area contributed by atoms with Gasteiger partial charge in [0.25, 0.3) is 0 Å². The lowest BCUT2D eigenvalue weighted by Crippen LogP contribution is -2.29. The minimum Gasteiger partial charge on any atom is -0.382 e. The van der Waals surface area contributed by atoms with Gasteiger partial charge in [0.05, 0.1) is 10.2 Å². The summed E-state index contributed by atoms with van der Waals surface area (Å²) < 4.78 is 6.52. The lowest BCUT2D eigenvalue weighted by atomic mass is 9.96. The molecule has 1 aliphatic carbocycles. The van der Waals surface area contributed by atoms with E-state index in [9.17, 15) is 0 Å². The van der Waals surface area contributed by atoms with E-state index in [1.54, 1.807) is 0 Å². The van der Waals surface area contributed by atoms with Gasteiger partial charge in [-0.2, -0.15) is 0 Å². The molecule has 2 radical (unpaired) electrons. The third-order valence-corrected chi connectivity index (χ3v) is 6.29. The fourth-order valence-corrected chi connectivity index (χ4v) is 4.57. The van der Waals surface area contributed by atoms with Gasteiger partial charge in [-0.25, -0.2) is 9.97 Å². The zero-order chi connectivity index (χ0) is 15.8. The number of anilines is 1. The highest BCUT2D eigenvalue weighted by Crippen LogP contribution is 2.21. The fraction of sp³-hybridized carbons (Fsp3) is 0.750. The number of nitrogens with zero attached hydrogens (tertiary/aromatic N) is 2. The normalized spacial score (nSPS) is 16.0. The smallest absolute Gasteiger partial charge is 0.222 e. The van der Waals surface area contributed by atoms with Gasteiger partial charge in [0, 0.05) is 24.6 Å². The number of rotatable bonds is 8. The Hall–Kier alpha value is -0.463. The topological polar surface area (TPSA) is 47.0 Å². The molecular weight excluding hydrogens is 358 g/mol. The predicted octanol–water partition coefficient (Wildman–Crippen LogP) is 3.33. The van der Waals surface area contributed by atoms with Gasteiger partial charge in [0.2, 0.25) is 5.95 Å². The molecule has 6 heteroatoms. The summed E-state index contributed by atoms with van der Waals surface area (Å²) in [4.78, 5) is 9.45. The molecule has 0 bridgehead atoms. The Labute approximate surface area is 144 Å². The highest BCUT2D eigenvalue weighted by molar-refractivity contribution is 9.10. The van der Waals surface area contributed by atoms with Crippen molar-refractivity contribution in [1.82, 2.24) is 9.97 Å². The van der Waals surface area contributed by atoms with Gasteiger partial charge in [-0.15, -0.1) is 0 Å². The summed E-state index contributed by atoms with van der Waals surface area (Å²) >= 11 is 3.68. The second-order valence-electron chi connectivity index (χ2n) is 5.61. The van der Waals surface area contributed by atoms with Crippen LogP contribution in [0.15, 0.2) is 4.47 Å². The zero-order valence-electron chi connectivity index (χ0n) is 13.6. The quantitative estimate of drug-likeness (QED) is 0.552. The number of hydrogen-bond donors (Lipinski definition) is 1. The maximum absolute atomic E-state index is 5.44. The highest BCUT2D eigenvalue weighted by atomic mass is 79.9. The summed E-state index contributed by atoms with van der Waals surface area (Å²) in [5.41, 5.74) is 1.10. The molecule has 0 aromatic carbocycles. The molecule has 1 fully saturated rings. The van der Waals surface area contributed by atoms with Crippen LogP contribution in [0.1, 0.15) is 51.6 Å². The van der Waals surface area contributed by atoms with Crippen molar-refractivity contribution in [2.24, 2.45) is 0 Å². The van der Waals surface area contributed by atoms with Gasteiger partial charge in [0.1, 0.15) is 9.52 Å². The van der Waals surface area contributed by atoms with E-state index in [0.29, 0.717) is 15.6 Å². The zero-order valence-corrected chi connectivity index (χ0v) is 16.2. The molecule has 2 rings (SSSR count). The lowest BCUT2D eigenvalue weighted by Gasteiger charge is -2.23. The van der Waals surface area contributed by atoms with Crippen molar-refractivity contribution < 1.29 is 4.74 Å². The fourth-order valence-electron chi connectivity index (χ4n) is 2.72. The molecule has 0 saturated heterocycles. The van der Waals surface area contributed by atoms with E-state index in [2.05, 4.69) is 28.2 Å². The number of hydrogen-bond acceptors (Lipinski definition) is 4. The van der Waals surface area contributed by atoms with Crippen LogP contribution in [0.4, 0.5) is 5.95 Å². The van der Waals surface area contributed by atoms with Crippen LogP contribution in [0.2, 0.25) is 6.04 Å². The molecule has 0 unspecified atom stereocenters. The predicted molar refractivity (Wildman–Crippen MR) is 96.3 cm³/mol. The first-order valence-electron chi connectivity index (χ1n) is 8.39. The molecule has 122 valence electrons. The highest BCUT2D eigenvalue weighted by Gasteiger charge is 2.17. The van der Waals surface area contributed by atoms with Crippen molar-refractivity contribution in [3.05, 3.63) is 10.2 Å². The van der Waals surface area contributed by atoms with Crippen molar-refractivity contribution in [3.8, 4) is 0 Å². The molecule has 1 aromatic rings. The maximum Gasteiger partial charge on any atom is 0.222 e. The van der Waals surface area contributed by atoms with E-state index < -0.39 is 0 Å². The monoisotopic (exact) mass is 383 g/mol. The molecule has 22 heavy (non-hydrogen) atoms. The number of nitrogens with one attached hydrogen (secondary N) is 1. The number of aromatic nitrogens is 2. The van der Waals surface area contributed by atoms with Gasteiger partial charge < -0.3 is 10.1 Å². The van der Waals surface area contributed by atoms with E-state index in [1.165, 1.54) is 32.1 Å². The molecule has 1 aromatic heterocycles. The van der Waals surface area contributed by atoms with Crippen molar-refractivity contribution in [3.63, 3.8) is 0 Å². The first-order valence-corrected chi connectivity index (χ1v) is 10.4. The first-order chi connectivity index (χ1) is 10.7. The molecule has 1 aliphatic rings. The molecule has 0 spiro atoms. The molecule has 0 atom stereocenters. The average Bonchev–Trinajstić information content (AvgIpc) is 2.55. The van der Waals surface area contributed by atoms with Crippen molar-refractivity contribution in [2.75, 3.05) is 18.5 Å². The minimum atomic E-state index is 0.541. The number of ether oxygens (including phenoxy) is 1. The first kappa shape index (κ1) is 17.9. The second-order valence-corrected chi connectivity index (χ2v) is 7.73. The standard InChI is InChI=1S/C16H26BrN3OSi/c1-3-13-14(17)15(22-11-10-21-4-2)20-16(19-13)18-12-8-6-5-7-9-12/h12H,3-11H2,1-2H3,(H,18,19,20). The van der Waals surface area contributed by atoms with Crippen molar-refractivity contribution in [1.29, 1.82) is 0 Å². The van der Waals surface area contributed by atoms with Crippen LogP contribution in [-0.2, 0) is 11.2 Å². The maximum atomic E-state index is 5.44. The van der Waals surface area contributed by atoms with Crippen LogP contribution in [0.3, 0.4) is 0 Å². The molecule has 1 heterocycles. The van der Waals surface area contributed by atoms with E-state index in [1.807, 2.05) is 6.92 Å². The molecule has 0 amide bonds. The van der Waals surface area contributed by atoms with Gasteiger partial charge in [-0.1, -0.05) is 26.2 Å². The summed E-state index contributed by atoms with van der Waals surface area (Å²) in [5.74, 6) is 0.811. The summed E-state index contributed by atoms with van der Waals surface area (Å²) in [7, 11) is 0.658. The molecular formula is C16H26BrN3OSi. The van der Waals surface area contributed by atoms with Gasteiger partial charge in [0.15, 0.2) is 0 Å². The van der Waals surface area contributed by atoms with Crippen molar-refractivity contribution >= 4 is 36.7 Å². The summed E-state index contributed by atoms with van der Waals surface area (Å²) in [6, 6.07) is 1.56. The van der Waals surface area contributed by atoms with Crippen LogP contribution in [0, 0.1) is 0 Å². The van der Waals surface area contributed by atoms with E-state index in [4.69, 9.17) is 14.7 Å². The Kier molecular flexibility index (Phi) is 7.82. The van der Waals surface area contributed by atoms with Crippen LogP contribution in [-0.4, -0.2) is 38.7 Å². The largest absolute Gasteiger partial charge is 0.382 e. The van der Waals surface area contributed by atoms with Gasteiger partial charge in [-0.05, 0) is 48.2 Å². The average molecular weight is 384 g/mol. The second kappa shape index (κ2) is 9.63. The van der Waals surface area contributed by atoms with Crippen molar-refractivity contribution in [2.45, 2.75) is 64.5 Å². The Balaban J connectivity index is 2.05. The number of halogens is 1. The Morgan fingerprint density at radius 3 is 2.68 bits per heavy atom. The van der Waals surface area contributed by atoms with Crippen LogP contribution < -0.4 is 10.6 Å². The van der Waals surface area contributed by atoms with E-state index in [0.717, 1.165) is 47.1 Å². The summed E-state index contributed by atoms with van der Waals surface area (Å²) in [6.45, 7) is 5.76. The lowest BCUT2D eigenvalue weighted by molar-refractivity contribution is 0.162. The molecule has 0 aliphatic heterocycles. The summed E-state index contributed by atoms with van der Waals surface area (Å²) in [6.07, 6.45) is 7.40. The molecule has 4 nitrogen and oxygen atoms in total. The molecule has 1 saturated carbocycles. The SMILES string of the molecule is CCOCC[Si]c1nc(NC2CCCCC2)nc(CC)c1Br. The Morgan fingerprint density at radius 2 is 2.00 bits per heavy atom. The third-order valence-electron chi connectivity index (χ3n) is 3.94. The van der Waals surface area contributed by atoms with Crippen LogP contribution in [0.5, 0.6) is 0 Å². The van der Waals surface area contributed by atoms with Gasteiger partial charge in [-0.3, -0.25) is 0 Å².